The fourth-order valence-electron chi connectivity index (χ4n) is 1.29. The predicted molar refractivity (Wildman–Crippen MR) is 56.5 cm³/mol. The summed E-state index contributed by atoms with van der Waals surface area (Å²) < 4.78 is 4.07. The number of aromatic amines is 1. The normalized spacial score (nSPS) is 10.7. The molecule has 0 saturated carbocycles. The number of nitrogens with two attached hydrogens (primary N) is 1. The Balaban J connectivity index is 1.91. The zero-order valence-corrected chi connectivity index (χ0v) is 8.81. The molecule has 0 aromatic carbocycles. The first-order chi connectivity index (χ1) is 7.27. The van der Waals surface area contributed by atoms with Gasteiger partial charge in [-0.15, -0.1) is 10.2 Å². The minimum Gasteiger partial charge on any atom is -0.368 e. The first-order valence-corrected chi connectivity index (χ1v) is 4.93. The molecule has 8 heteroatoms. The first-order valence-electron chi connectivity index (χ1n) is 4.52. The van der Waals surface area contributed by atoms with Crippen LogP contribution in [-0.2, 0) is 13.1 Å². The number of nitrogens with one attached hydrogen (secondary N) is 1. The lowest BCUT2D eigenvalue weighted by atomic mass is 10.4. The van der Waals surface area contributed by atoms with E-state index in [9.17, 15) is 0 Å². The lowest BCUT2D eigenvalue weighted by molar-refractivity contribution is 0.514. The van der Waals surface area contributed by atoms with E-state index in [0.717, 1.165) is 19.5 Å². The second-order valence-corrected chi connectivity index (χ2v) is 3.44. The highest BCUT2D eigenvalue weighted by atomic mass is 32.1. The van der Waals surface area contributed by atoms with E-state index in [0.29, 0.717) is 10.7 Å². The van der Waals surface area contributed by atoms with Crippen LogP contribution in [0.15, 0.2) is 12.4 Å². The van der Waals surface area contributed by atoms with Gasteiger partial charge in [0.15, 0.2) is 4.77 Å². The molecule has 0 bridgehead atoms. The van der Waals surface area contributed by atoms with E-state index < -0.39 is 0 Å². The van der Waals surface area contributed by atoms with Gasteiger partial charge in [-0.25, -0.2) is 5.10 Å². The molecule has 0 atom stereocenters. The molecule has 0 amide bonds. The second-order valence-electron chi connectivity index (χ2n) is 3.06. The van der Waals surface area contributed by atoms with E-state index in [1.165, 1.54) is 0 Å². The summed E-state index contributed by atoms with van der Waals surface area (Å²) in [7, 11) is 0. The monoisotopic (exact) mass is 225 g/mol. The van der Waals surface area contributed by atoms with Crippen molar-refractivity contribution in [3.05, 3.63) is 17.2 Å². The van der Waals surface area contributed by atoms with Crippen molar-refractivity contribution in [2.24, 2.45) is 0 Å². The van der Waals surface area contributed by atoms with Crippen molar-refractivity contribution in [2.45, 2.75) is 19.5 Å². The number of H-pyrrole nitrogens is 1. The Morgan fingerprint density at radius 1 is 1.47 bits per heavy atom. The molecule has 2 aromatic rings. The summed E-state index contributed by atoms with van der Waals surface area (Å²) in [6.45, 7) is 1.51. The molecule has 2 heterocycles. The van der Waals surface area contributed by atoms with Crippen LogP contribution < -0.4 is 5.73 Å². The summed E-state index contributed by atoms with van der Waals surface area (Å²) in [5.74, 6) is 0.415. The Bertz CT molecular complexity index is 468. The molecule has 7 nitrogen and oxygen atoms in total. The van der Waals surface area contributed by atoms with Crippen LogP contribution in [0.4, 0.5) is 5.95 Å². The zero-order valence-electron chi connectivity index (χ0n) is 8.00. The van der Waals surface area contributed by atoms with Gasteiger partial charge in [0.1, 0.15) is 0 Å². The maximum Gasteiger partial charge on any atom is 0.220 e. The molecule has 0 fully saturated rings. The fourth-order valence-corrected chi connectivity index (χ4v) is 1.52. The molecule has 2 aromatic heterocycles. The van der Waals surface area contributed by atoms with Crippen LogP contribution in [0.5, 0.6) is 0 Å². The van der Waals surface area contributed by atoms with Crippen LogP contribution in [0.25, 0.3) is 0 Å². The number of nitrogen functional groups attached to an aromatic ring is 1. The van der Waals surface area contributed by atoms with E-state index in [2.05, 4.69) is 20.5 Å². The summed E-state index contributed by atoms with van der Waals surface area (Å²) in [6, 6.07) is 0. The number of hydrogen-bond acceptors (Lipinski definition) is 5. The predicted octanol–water partition coefficient (Wildman–Crippen LogP) is 0.205. The standard InChI is InChI=1S/C7H11N7S/c8-6-10-11-7(15)14(6)4-1-3-13-5-2-9-12-13/h2,5H,1,3-4H2,(H2,8,10)(H,11,15). The van der Waals surface area contributed by atoms with Gasteiger partial charge in [0.25, 0.3) is 0 Å². The average molecular weight is 225 g/mol. The van der Waals surface area contributed by atoms with Crippen LogP contribution in [0.1, 0.15) is 6.42 Å². The fraction of sp³-hybridized carbons (Fsp3) is 0.429. The maximum absolute atomic E-state index is 5.62. The van der Waals surface area contributed by atoms with E-state index in [1.54, 1.807) is 15.4 Å². The van der Waals surface area contributed by atoms with Gasteiger partial charge in [0.05, 0.1) is 6.20 Å². The molecular formula is C7H11N7S. The van der Waals surface area contributed by atoms with Crippen molar-refractivity contribution in [2.75, 3.05) is 5.73 Å². The SMILES string of the molecule is Nc1n[nH]c(=S)n1CCCn1ccnn1. The number of nitrogens with zero attached hydrogens (tertiary/aromatic N) is 5. The highest BCUT2D eigenvalue weighted by Gasteiger charge is 2.01. The third kappa shape index (κ3) is 2.21. The van der Waals surface area contributed by atoms with Crippen molar-refractivity contribution in [1.29, 1.82) is 0 Å². The Morgan fingerprint density at radius 2 is 2.33 bits per heavy atom. The molecular weight excluding hydrogens is 214 g/mol. The first kappa shape index (κ1) is 9.84. The van der Waals surface area contributed by atoms with Crippen molar-refractivity contribution < 1.29 is 0 Å². The Kier molecular flexibility index (Phi) is 2.77. The van der Waals surface area contributed by atoms with Crippen LogP contribution >= 0.6 is 12.2 Å². The molecule has 2 rings (SSSR count). The molecule has 0 aliphatic rings. The van der Waals surface area contributed by atoms with Gasteiger partial charge >= 0.3 is 0 Å². The number of rotatable bonds is 4. The van der Waals surface area contributed by atoms with Crippen molar-refractivity contribution in [3.8, 4) is 0 Å². The zero-order chi connectivity index (χ0) is 10.7. The van der Waals surface area contributed by atoms with E-state index in [-0.39, 0.29) is 0 Å². The van der Waals surface area contributed by atoms with Crippen LogP contribution in [0, 0.1) is 4.77 Å². The molecule has 0 radical (unpaired) electrons. The van der Waals surface area contributed by atoms with Gasteiger partial charge in [-0.3, -0.25) is 9.25 Å². The highest BCUT2D eigenvalue weighted by Crippen LogP contribution is 2.01. The van der Waals surface area contributed by atoms with Crippen molar-refractivity contribution in [3.63, 3.8) is 0 Å². The van der Waals surface area contributed by atoms with Gasteiger partial charge in [-0.1, -0.05) is 5.21 Å². The summed E-state index contributed by atoms with van der Waals surface area (Å²) in [5.41, 5.74) is 5.62. The molecule has 0 unspecified atom stereocenters. The topological polar surface area (TPSA) is 90.3 Å². The molecule has 0 spiro atoms. The lowest BCUT2D eigenvalue weighted by Crippen LogP contribution is -2.07. The van der Waals surface area contributed by atoms with E-state index in [4.69, 9.17) is 18.0 Å². The molecule has 15 heavy (non-hydrogen) atoms. The van der Waals surface area contributed by atoms with Gasteiger partial charge in [0.2, 0.25) is 5.95 Å². The Hall–Kier alpha value is -1.70. The van der Waals surface area contributed by atoms with Crippen molar-refractivity contribution >= 4 is 18.2 Å². The number of hydrogen-bond donors (Lipinski definition) is 2. The van der Waals surface area contributed by atoms with Crippen molar-refractivity contribution in [1.82, 2.24) is 29.8 Å². The number of anilines is 1. The summed E-state index contributed by atoms with van der Waals surface area (Å²) in [5, 5.41) is 14.0. The smallest absolute Gasteiger partial charge is 0.220 e. The third-order valence-corrected chi connectivity index (χ3v) is 2.34. The van der Waals surface area contributed by atoms with Gasteiger partial charge in [0, 0.05) is 19.3 Å². The Morgan fingerprint density at radius 3 is 2.93 bits per heavy atom. The van der Waals surface area contributed by atoms with Gasteiger partial charge in [-0.2, -0.15) is 0 Å². The second kappa shape index (κ2) is 4.22. The van der Waals surface area contributed by atoms with Crippen LogP contribution in [0.2, 0.25) is 0 Å². The van der Waals surface area contributed by atoms with Crippen LogP contribution in [0.3, 0.4) is 0 Å². The number of aryl methyl sites for hydroxylation is 1. The Labute approximate surface area is 90.9 Å². The molecule has 3 N–H and O–H groups in total. The molecule has 0 aliphatic carbocycles. The molecule has 0 saturated heterocycles. The summed E-state index contributed by atoms with van der Waals surface area (Å²) in [6.07, 6.45) is 4.34. The minimum atomic E-state index is 0.415. The highest BCUT2D eigenvalue weighted by molar-refractivity contribution is 7.71. The lowest BCUT2D eigenvalue weighted by Gasteiger charge is -2.03. The molecule has 80 valence electrons. The number of aromatic nitrogens is 6. The third-order valence-electron chi connectivity index (χ3n) is 2.03. The maximum atomic E-state index is 5.62. The molecule has 0 aliphatic heterocycles. The van der Waals surface area contributed by atoms with Gasteiger partial charge < -0.3 is 5.73 Å². The largest absolute Gasteiger partial charge is 0.368 e. The minimum absolute atomic E-state index is 0.415. The van der Waals surface area contributed by atoms with E-state index in [1.807, 2.05) is 6.20 Å². The summed E-state index contributed by atoms with van der Waals surface area (Å²) in [4.78, 5) is 0. The average Bonchev–Trinajstić information content (AvgIpc) is 2.82. The van der Waals surface area contributed by atoms with Gasteiger partial charge in [-0.05, 0) is 18.6 Å². The van der Waals surface area contributed by atoms with Crippen LogP contribution in [-0.4, -0.2) is 29.8 Å². The summed E-state index contributed by atoms with van der Waals surface area (Å²) >= 11 is 5.02. The van der Waals surface area contributed by atoms with E-state index >= 15 is 0 Å². The quantitative estimate of drug-likeness (QED) is 0.726.